The van der Waals surface area contributed by atoms with Gasteiger partial charge in [0, 0.05) is 0 Å². The summed E-state index contributed by atoms with van der Waals surface area (Å²) in [5.41, 5.74) is 1.60. The maximum Gasteiger partial charge on any atom is 0.307 e. The van der Waals surface area contributed by atoms with Crippen LogP contribution in [-0.4, -0.2) is 25.7 Å². The van der Waals surface area contributed by atoms with Crippen molar-refractivity contribution in [2.45, 2.75) is 51.8 Å². The first kappa shape index (κ1) is 22.9. The summed E-state index contributed by atoms with van der Waals surface area (Å²) in [5, 5.41) is 0. The largest absolute Gasteiger partial charge is 0.466 e. The number of rotatable bonds is 8. The molecule has 2 rings (SSSR count). The lowest BCUT2D eigenvalue weighted by atomic mass is 10.0. The molecular weight excluding hydrogens is 390 g/mol. The molecule has 7 heteroatoms. The molecule has 0 aromatic heterocycles. The van der Waals surface area contributed by atoms with Crippen molar-refractivity contribution in [2.75, 3.05) is 6.61 Å². The Balaban J connectivity index is 2.34. The molecule has 0 unspecified atom stereocenters. The number of aryl methyl sites for hydroxylation is 1. The van der Waals surface area contributed by atoms with Crippen LogP contribution in [0.3, 0.4) is 0 Å². The van der Waals surface area contributed by atoms with Crippen molar-refractivity contribution in [3.8, 4) is 11.5 Å². The number of para-hydroxylation sites is 1. The van der Waals surface area contributed by atoms with Gasteiger partial charge in [0.15, 0.2) is 0 Å². The average molecular weight is 420 g/mol. The predicted molar refractivity (Wildman–Crippen MR) is 113 cm³/mol. The first-order valence-corrected chi connectivity index (χ1v) is 11.0. The molecule has 2 aromatic carbocycles. The molecule has 1 atom stereocenters. The summed E-state index contributed by atoms with van der Waals surface area (Å²) in [4.78, 5) is 12.1. The van der Waals surface area contributed by atoms with Gasteiger partial charge in [-0.2, -0.15) is 0 Å². The van der Waals surface area contributed by atoms with Gasteiger partial charge < -0.3 is 9.47 Å². The van der Waals surface area contributed by atoms with E-state index in [1.54, 1.807) is 52.0 Å². The number of benzene rings is 2. The molecule has 0 amide bonds. The Bertz CT molecular complexity index is 948. The summed E-state index contributed by atoms with van der Waals surface area (Å²) < 4.78 is 38.0. The Hall–Kier alpha value is -2.38. The fraction of sp³-hybridized carbons (Fsp3) is 0.409. The molecule has 0 heterocycles. The highest BCUT2D eigenvalue weighted by molar-refractivity contribution is 7.90. The van der Waals surface area contributed by atoms with Crippen LogP contribution in [0.2, 0.25) is 0 Å². The SMILES string of the molecule is CCOC(=O)C[C@H](NS(=O)(=O)C(C)(C)C)c1cccc(Oc2ccccc2C)c1. The van der Waals surface area contributed by atoms with E-state index in [2.05, 4.69) is 4.72 Å². The predicted octanol–water partition coefficient (Wildman–Crippen LogP) is 4.50. The Morgan fingerprint density at radius 1 is 1.10 bits per heavy atom. The molecule has 0 saturated carbocycles. The third-order valence-corrected chi connectivity index (χ3v) is 6.57. The van der Waals surface area contributed by atoms with Crippen molar-refractivity contribution in [2.24, 2.45) is 0 Å². The van der Waals surface area contributed by atoms with Gasteiger partial charge in [-0.1, -0.05) is 30.3 Å². The molecule has 1 N–H and O–H groups in total. The normalized spacial score (nSPS) is 13.0. The molecule has 0 saturated heterocycles. The van der Waals surface area contributed by atoms with Crippen LogP contribution in [0.25, 0.3) is 0 Å². The molecule has 158 valence electrons. The number of carbonyl (C=O) groups is 1. The van der Waals surface area contributed by atoms with Gasteiger partial charge in [0.05, 0.1) is 23.8 Å². The highest BCUT2D eigenvalue weighted by Crippen LogP contribution is 2.29. The molecule has 0 radical (unpaired) electrons. The van der Waals surface area contributed by atoms with Crippen LogP contribution >= 0.6 is 0 Å². The Morgan fingerprint density at radius 2 is 1.79 bits per heavy atom. The van der Waals surface area contributed by atoms with E-state index in [1.165, 1.54) is 0 Å². The molecule has 0 fully saturated rings. The molecule has 0 spiro atoms. The topological polar surface area (TPSA) is 81.7 Å². The standard InChI is InChI=1S/C22H29NO5S/c1-6-27-21(24)15-19(23-29(25,26)22(3,4)5)17-11-9-12-18(14-17)28-20-13-8-7-10-16(20)2/h7-14,19,23H,6,15H2,1-5H3/t19-/m0/s1. The minimum atomic E-state index is -3.68. The number of ether oxygens (including phenoxy) is 2. The third-order valence-electron chi connectivity index (χ3n) is 4.36. The van der Waals surface area contributed by atoms with Crippen LogP contribution in [0.1, 0.15) is 51.3 Å². The van der Waals surface area contributed by atoms with Crippen molar-refractivity contribution >= 4 is 16.0 Å². The van der Waals surface area contributed by atoms with Crippen LogP contribution in [0.15, 0.2) is 48.5 Å². The van der Waals surface area contributed by atoms with Gasteiger partial charge in [0.1, 0.15) is 11.5 Å². The number of esters is 1. The number of hydrogen-bond donors (Lipinski definition) is 1. The monoisotopic (exact) mass is 419 g/mol. The van der Waals surface area contributed by atoms with Crippen LogP contribution in [0.5, 0.6) is 11.5 Å². The zero-order valence-electron chi connectivity index (χ0n) is 17.6. The first-order valence-electron chi connectivity index (χ1n) is 9.54. The lowest BCUT2D eigenvalue weighted by molar-refractivity contribution is -0.143. The molecule has 0 aliphatic heterocycles. The van der Waals surface area contributed by atoms with Gasteiger partial charge in [0.25, 0.3) is 0 Å². The van der Waals surface area contributed by atoms with Gasteiger partial charge in [0.2, 0.25) is 10.0 Å². The first-order chi connectivity index (χ1) is 13.5. The van der Waals surface area contributed by atoms with E-state index in [4.69, 9.17) is 9.47 Å². The summed E-state index contributed by atoms with van der Waals surface area (Å²) in [6.07, 6.45) is -0.114. The maximum atomic E-state index is 12.7. The van der Waals surface area contributed by atoms with E-state index >= 15 is 0 Å². The third kappa shape index (κ3) is 6.30. The maximum absolute atomic E-state index is 12.7. The van der Waals surface area contributed by atoms with E-state index in [9.17, 15) is 13.2 Å². The van der Waals surface area contributed by atoms with Gasteiger partial charge in [-0.3, -0.25) is 4.79 Å². The molecule has 0 aliphatic rings. The molecule has 2 aromatic rings. The minimum Gasteiger partial charge on any atom is -0.466 e. The lowest BCUT2D eigenvalue weighted by Gasteiger charge is -2.25. The fourth-order valence-corrected chi connectivity index (χ4v) is 3.52. The molecule has 0 bridgehead atoms. The smallest absolute Gasteiger partial charge is 0.307 e. The van der Waals surface area contributed by atoms with Crippen molar-refractivity contribution in [1.29, 1.82) is 0 Å². The van der Waals surface area contributed by atoms with Crippen LogP contribution in [-0.2, 0) is 19.6 Å². The van der Waals surface area contributed by atoms with Crippen LogP contribution in [0.4, 0.5) is 0 Å². The number of hydrogen-bond acceptors (Lipinski definition) is 5. The van der Waals surface area contributed by atoms with Gasteiger partial charge >= 0.3 is 5.97 Å². The lowest BCUT2D eigenvalue weighted by Crippen LogP contribution is -2.41. The van der Waals surface area contributed by atoms with E-state index in [0.29, 0.717) is 17.1 Å². The van der Waals surface area contributed by atoms with Crippen molar-refractivity contribution in [3.05, 3.63) is 59.7 Å². The van der Waals surface area contributed by atoms with Crippen molar-refractivity contribution in [3.63, 3.8) is 0 Å². The van der Waals surface area contributed by atoms with E-state index < -0.39 is 26.8 Å². The Morgan fingerprint density at radius 3 is 2.41 bits per heavy atom. The average Bonchev–Trinajstić information content (AvgIpc) is 2.62. The summed E-state index contributed by atoms with van der Waals surface area (Å²) in [7, 11) is -3.68. The zero-order valence-corrected chi connectivity index (χ0v) is 18.4. The second kappa shape index (κ2) is 9.41. The molecular formula is C22H29NO5S. The number of nitrogens with one attached hydrogen (secondary N) is 1. The Kier molecular flexibility index (Phi) is 7.43. The second-order valence-electron chi connectivity index (χ2n) is 7.74. The van der Waals surface area contributed by atoms with E-state index in [-0.39, 0.29) is 13.0 Å². The van der Waals surface area contributed by atoms with Gasteiger partial charge in [-0.05, 0) is 63.9 Å². The molecule has 0 aliphatic carbocycles. The van der Waals surface area contributed by atoms with Gasteiger partial charge in [-0.25, -0.2) is 13.1 Å². The Labute approximate surface area is 173 Å². The van der Waals surface area contributed by atoms with Crippen molar-refractivity contribution in [1.82, 2.24) is 4.72 Å². The fourth-order valence-electron chi connectivity index (χ4n) is 2.57. The second-order valence-corrected chi connectivity index (χ2v) is 10.2. The highest BCUT2D eigenvalue weighted by Gasteiger charge is 2.32. The quantitative estimate of drug-likeness (QED) is 0.637. The van der Waals surface area contributed by atoms with Crippen molar-refractivity contribution < 1.29 is 22.7 Å². The molecule has 29 heavy (non-hydrogen) atoms. The number of sulfonamides is 1. The highest BCUT2D eigenvalue weighted by atomic mass is 32.2. The van der Waals surface area contributed by atoms with E-state index in [1.807, 2.05) is 31.2 Å². The summed E-state index contributed by atoms with van der Waals surface area (Å²) in [6, 6.07) is 13.9. The zero-order chi connectivity index (χ0) is 21.7. The summed E-state index contributed by atoms with van der Waals surface area (Å²) in [5.74, 6) is 0.793. The van der Waals surface area contributed by atoms with Crippen LogP contribution in [0, 0.1) is 6.92 Å². The molecule has 6 nitrogen and oxygen atoms in total. The number of carbonyl (C=O) groups excluding carboxylic acids is 1. The van der Waals surface area contributed by atoms with Gasteiger partial charge in [-0.15, -0.1) is 0 Å². The van der Waals surface area contributed by atoms with E-state index in [0.717, 1.165) is 5.56 Å². The van der Waals surface area contributed by atoms with Crippen LogP contribution < -0.4 is 9.46 Å². The minimum absolute atomic E-state index is 0.114. The summed E-state index contributed by atoms with van der Waals surface area (Å²) in [6.45, 7) is 8.70. The summed E-state index contributed by atoms with van der Waals surface area (Å²) >= 11 is 0.